The van der Waals surface area contributed by atoms with E-state index in [1.54, 1.807) is 4.90 Å². The van der Waals surface area contributed by atoms with Crippen LogP contribution in [0.2, 0.25) is 0 Å². The standard InChI is InChI=1S/C16H18N2O3/c19-14-8-17-16(20)15(10-5-6-10)18(14)9-12-7-11-3-1-2-4-13(11)21-12/h1-4,10,12,15H,5-9H2,(H,17,20). The highest BCUT2D eigenvalue weighted by Crippen LogP contribution is 2.37. The Morgan fingerprint density at radius 3 is 2.81 bits per heavy atom. The third-order valence-electron chi connectivity index (χ3n) is 4.52. The normalized spacial score (nSPS) is 28.1. The number of carbonyl (C=O) groups is 2. The molecule has 2 heterocycles. The van der Waals surface area contributed by atoms with Crippen molar-refractivity contribution in [3.63, 3.8) is 0 Å². The summed E-state index contributed by atoms with van der Waals surface area (Å²) in [5.41, 5.74) is 1.18. The Hall–Kier alpha value is -2.04. The van der Waals surface area contributed by atoms with Crippen LogP contribution in [-0.2, 0) is 16.0 Å². The minimum Gasteiger partial charge on any atom is -0.488 e. The lowest BCUT2D eigenvalue weighted by Gasteiger charge is -2.36. The molecule has 2 aliphatic heterocycles. The van der Waals surface area contributed by atoms with E-state index in [0.29, 0.717) is 12.5 Å². The SMILES string of the molecule is O=C1NCC(=O)N(CC2Cc3ccccc3O2)C1C1CC1. The maximum absolute atomic E-state index is 12.2. The van der Waals surface area contributed by atoms with E-state index in [2.05, 4.69) is 11.4 Å². The van der Waals surface area contributed by atoms with Crippen molar-refractivity contribution in [3.8, 4) is 5.75 Å². The van der Waals surface area contributed by atoms with E-state index < -0.39 is 0 Å². The summed E-state index contributed by atoms with van der Waals surface area (Å²) in [6.45, 7) is 0.615. The average Bonchev–Trinajstić information content (AvgIpc) is 3.22. The first-order chi connectivity index (χ1) is 10.2. The van der Waals surface area contributed by atoms with Crippen LogP contribution in [-0.4, -0.2) is 41.9 Å². The van der Waals surface area contributed by atoms with E-state index in [1.165, 1.54) is 5.56 Å². The smallest absolute Gasteiger partial charge is 0.243 e. The van der Waals surface area contributed by atoms with Gasteiger partial charge in [0, 0.05) is 6.42 Å². The molecule has 110 valence electrons. The van der Waals surface area contributed by atoms with Gasteiger partial charge < -0.3 is 15.0 Å². The van der Waals surface area contributed by atoms with Crippen molar-refractivity contribution in [2.75, 3.05) is 13.1 Å². The molecular weight excluding hydrogens is 268 g/mol. The topological polar surface area (TPSA) is 58.6 Å². The largest absolute Gasteiger partial charge is 0.488 e. The number of nitrogens with zero attached hydrogens (tertiary/aromatic N) is 1. The maximum atomic E-state index is 12.2. The summed E-state index contributed by atoms with van der Waals surface area (Å²) < 4.78 is 5.92. The molecule has 1 aromatic carbocycles. The number of para-hydroxylation sites is 1. The molecule has 0 aromatic heterocycles. The first-order valence-electron chi connectivity index (χ1n) is 7.54. The van der Waals surface area contributed by atoms with Gasteiger partial charge in [-0.25, -0.2) is 0 Å². The molecule has 5 heteroatoms. The molecule has 2 amide bonds. The molecule has 2 fully saturated rings. The first-order valence-corrected chi connectivity index (χ1v) is 7.54. The van der Waals surface area contributed by atoms with Crippen LogP contribution in [0.1, 0.15) is 18.4 Å². The molecule has 1 saturated carbocycles. The molecule has 0 bridgehead atoms. The van der Waals surface area contributed by atoms with Gasteiger partial charge in [-0.2, -0.15) is 0 Å². The van der Waals surface area contributed by atoms with Crippen molar-refractivity contribution in [1.29, 1.82) is 0 Å². The van der Waals surface area contributed by atoms with Crippen LogP contribution in [0.3, 0.4) is 0 Å². The number of hydrogen-bond donors (Lipinski definition) is 1. The lowest BCUT2D eigenvalue weighted by atomic mass is 10.0. The highest BCUT2D eigenvalue weighted by atomic mass is 16.5. The van der Waals surface area contributed by atoms with Crippen molar-refractivity contribution >= 4 is 11.8 Å². The van der Waals surface area contributed by atoms with Crippen LogP contribution in [0.15, 0.2) is 24.3 Å². The molecule has 5 nitrogen and oxygen atoms in total. The predicted octanol–water partition coefficient (Wildman–Crippen LogP) is 0.727. The van der Waals surface area contributed by atoms with Gasteiger partial charge in [0.25, 0.3) is 0 Å². The number of ether oxygens (including phenoxy) is 1. The third-order valence-corrected chi connectivity index (χ3v) is 4.52. The average molecular weight is 286 g/mol. The molecule has 1 aliphatic carbocycles. The van der Waals surface area contributed by atoms with Gasteiger partial charge in [0.05, 0.1) is 13.1 Å². The monoisotopic (exact) mass is 286 g/mol. The van der Waals surface area contributed by atoms with Crippen LogP contribution >= 0.6 is 0 Å². The van der Waals surface area contributed by atoms with Crippen molar-refractivity contribution in [2.45, 2.75) is 31.4 Å². The van der Waals surface area contributed by atoms with Crippen LogP contribution in [0, 0.1) is 5.92 Å². The summed E-state index contributed by atoms with van der Waals surface area (Å²) in [4.78, 5) is 26.0. The summed E-state index contributed by atoms with van der Waals surface area (Å²) in [5.74, 6) is 1.23. The molecule has 21 heavy (non-hydrogen) atoms. The third kappa shape index (κ3) is 2.26. The van der Waals surface area contributed by atoms with Gasteiger partial charge in [-0.1, -0.05) is 18.2 Å². The molecule has 0 spiro atoms. The summed E-state index contributed by atoms with van der Waals surface area (Å²) in [6.07, 6.45) is 2.83. The first kappa shape index (κ1) is 12.7. The molecule has 3 aliphatic rings. The van der Waals surface area contributed by atoms with Crippen LogP contribution < -0.4 is 10.1 Å². The number of nitrogens with one attached hydrogen (secondary N) is 1. The van der Waals surface area contributed by atoms with Gasteiger partial charge in [0.15, 0.2) is 0 Å². The number of benzene rings is 1. The van der Waals surface area contributed by atoms with Crippen LogP contribution in [0.25, 0.3) is 0 Å². The Morgan fingerprint density at radius 2 is 2.05 bits per heavy atom. The van der Waals surface area contributed by atoms with Crippen molar-refractivity contribution in [2.24, 2.45) is 5.92 Å². The number of amides is 2. The lowest BCUT2D eigenvalue weighted by Crippen LogP contribution is -2.61. The Balaban J connectivity index is 1.50. The van der Waals surface area contributed by atoms with Gasteiger partial charge in [0.2, 0.25) is 11.8 Å². The Bertz CT molecular complexity index is 572. The second-order valence-corrected chi connectivity index (χ2v) is 6.10. The summed E-state index contributed by atoms with van der Waals surface area (Å²) in [7, 11) is 0. The summed E-state index contributed by atoms with van der Waals surface area (Å²) in [6, 6.07) is 7.67. The van der Waals surface area contributed by atoms with E-state index in [4.69, 9.17) is 4.74 Å². The molecule has 1 aromatic rings. The molecule has 4 rings (SSSR count). The molecule has 1 saturated heterocycles. The molecular formula is C16H18N2O3. The van der Waals surface area contributed by atoms with E-state index in [-0.39, 0.29) is 30.5 Å². The summed E-state index contributed by atoms with van der Waals surface area (Å²) in [5, 5.41) is 2.70. The second-order valence-electron chi connectivity index (χ2n) is 6.10. The zero-order valence-corrected chi connectivity index (χ0v) is 11.7. The van der Waals surface area contributed by atoms with Gasteiger partial charge in [-0.05, 0) is 30.4 Å². The van der Waals surface area contributed by atoms with E-state index in [0.717, 1.165) is 25.0 Å². The zero-order chi connectivity index (χ0) is 14.4. The highest BCUT2D eigenvalue weighted by Gasteiger charge is 2.45. The van der Waals surface area contributed by atoms with Crippen LogP contribution in [0.4, 0.5) is 0 Å². The summed E-state index contributed by atoms with van der Waals surface area (Å²) >= 11 is 0. The van der Waals surface area contributed by atoms with E-state index in [9.17, 15) is 9.59 Å². The number of fused-ring (bicyclic) bond motifs is 1. The number of rotatable bonds is 3. The van der Waals surface area contributed by atoms with Gasteiger partial charge in [-0.3, -0.25) is 9.59 Å². The van der Waals surface area contributed by atoms with Crippen molar-refractivity contribution in [3.05, 3.63) is 29.8 Å². The second kappa shape index (κ2) is 4.76. The number of piperazine rings is 1. The Kier molecular flexibility index (Phi) is 2.87. The minimum atomic E-state index is -0.293. The maximum Gasteiger partial charge on any atom is 0.243 e. The fourth-order valence-electron chi connectivity index (χ4n) is 3.34. The molecule has 2 unspecified atom stereocenters. The molecule has 1 N–H and O–H groups in total. The quantitative estimate of drug-likeness (QED) is 0.891. The molecule has 0 radical (unpaired) electrons. The van der Waals surface area contributed by atoms with Crippen molar-refractivity contribution < 1.29 is 14.3 Å². The van der Waals surface area contributed by atoms with Crippen molar-refractivity contribution in [1.82, 2.24) is 10.2 Å². The number of carbonyl (C=O) groups excluding carboxylic acids is 2. The highest BCUT2D eigenvalue weighted by molar-refractivity contribution is 5.95. The van der Waals surface area contributed by atoms with Crippen LogP contribution in [0.5, 0.6) is 5.75 Å². The zero-order valence-electron chi connectivity index (χ0n) is 11.7. The fourth-order valence-corrected chi connectivity index (χ4v) is 3.34. The van der Waals surface area contributed by atoms with Gasteiger partial charge in [-0.15, -0.1) is 0 Å². The van der Waals surface area contributed by atoms with E-state index in [1.807, 2.05) is 18.2 Å². The number of hydrogen-bond acceptors (Lipinski definition) is 3. The van der Waals surface area contributed by atoms with Gasteiger partial charge in [0.1, 0.15) is 17.9 Å². The predicted molar refractivity (Wildman–Crippen MR) is 75.8 cm³/mol. The Labute approximate surface area is 123 Å². The fraction of sp³-hybridized carbons (Fsp3) is 0.500. The lowest BCUT2D eigenvalue weighted by molar-refractivity contribution is -0.147. The minimum absolute atomic E-state index is 0.00561. The Morgan fingerprint density at radius 1 is 1.24 bits per heavy atom. The van der Waals surface area contributed by atoms with Gasteiger partial charge >= 0.3 is 0 Å². The van der Waals surface area contributed by atoms with E-state index >= 15 is 0 Å². The molecule has 2 atom stereocenters.